The zero-order valence-electron chi connectivity index (χ0n) is 13.3. The zero-order chi connectivity index (χ0) is 15.6. The summed E-state index contributed by atoms with van der Waals surface area (Å²) in [6, 6.07) is 8.13. The van der Waals surface area contributed by atoms with E-state index in [1.165, 1.54) is 5.69 Å². The Labute approximate surface area is 132 Å². The summed E-state index contributed by atoms with van der Waals surface area (Å²) < 4.78 is 0. The van der Waals surface area contributed by atoms with E-state index in [-0.39, 0.29) is 17.4 Å². The second-order valence-corrected chi connectivity index (χ2v) is 7.58. The quantitative estimate of drug-likeness (QED) is 0.903. The van der Waals surface area contributed by atoms with Gasteiger partial charge in [-0.3, -0.25) is 4.79 Å². The number of anilines is 1. The molecule has 4 heteroatoms. The summed E-state index contributed by atoms with van der Waals surface area (Å²) in [6.07, 6.45) is 1.03. The van der Waals surface area contributed by atoms with Gasteiger partial charge in [-0.15, -0.1) is 0 Å². The van der Waals surface area contributed by atoms with E-state index < -0.39 is 0 Å². The maximum atomic E-state index is 12.2. The molecule has 0 spiro atoms. The Morgan fingerprint density at radius 2 is 1.86 bits per heavy atom. The minimum absolute atomic E-state index is 0.123. The highest BCUT2D eigenvalue weighted by Crippen LogP contribution is 2.25. The summed E-state index contributed by atoms with van der Waals surface area (Å²) in [5.41, 5.74) is 0.826. The van der Waals surface area contributed by atoms with Crippen molar-refractivity contribution in [3.8, 4) is 0 Å². The third kappa shape index (κ3) is 4.37. The number of halogens is 1. The lowest BCUT2D eigenvalue weighted by Crippen LogP contribution is -2.52. The van der Waals surface area contributed by atoms with E-state index in [1.807, 2.05) is 45.0 Å². The molecule has 21 heavy (non-hydrogen) atoms. The second kappa shape index (κ2) is 6.27. The highest BCUT2D eigenvalue weighted by atomic mass is 35.5. The molecule has 1 saturated heterocycles. The molecule has 1 aromatic carbocycles. The van der Waals surface area contributed by atoms with Gasteiger partial charge in [0.15, 0.2) is 0 Å². The van der Waals surface area contributed by atoms with Gasteiger partial charge in [-0.1, -0.05) is 39.3 Å². The molecule has 1 amide bonds. The number of nitrogens with one attached hydrogen (secondary N) is 1. The van der Waals surface area contributed by atoms with Crippen LogP contribution in [-0.2, 0) is 4.79 Å². The summed E-state index contributed by atoms with van der Waals surface area (Å²) in [7, 11) is 0. The van der Waals surface area contributed by atoms with E-state index in [4.69, 9.17) is 11.6 Å². The van der Waals surface area contributed by atoms with E-state index in [2.05, 4.69) is 17.1 Å². The number of piperidine rings is 1. The summed E-state index contributed by atoms with van der Waals surface area (Å²) in [6.45, 7) is 9.96. The van der Waals surface area contributed by atoms with Crippen molar-refractivity contribution in [2.45, 2.75) is 40.2 Å². The first-order chi connectivity index (χ1) is 9.75. The van der Waals surface area contributed by atoms with Crippen LogP contribution in [0, 0.1) is 11.3 Å². The predicted octanol–water partition coefficient (Wildman–Crippen LogP) is 3.72. The second-order valence-electron chi connectivity index (χ2n) is 7.14. The molecule has 1 fully saturated rings. The van der Waals surface area contributed by atoms with Crippen LogP contribution >= 0.6 is 11.6 Å². The molecule has 1 aromatic rings. The lowest BCUT2D eigenvalue weighted by molar-refractivity contribution is -0.129. The maximum absolute atomic E-state index is 12.2. The monoisotopic (exact) mass is 308 g/mol. The van der Waals surface area contributed by atoms with Crippen molar-refractivity contribution in [3.05, 3.63) is 29.3 Å². The number of hydrogen-bond acceptors (Lipinski definition) is 2. The molecule has 3 nitrogen and oxygen atoms in total. The van der Waals surface area contributed by atoms with Gasteiger partial charge in [-0.05, 0) is 36.6 Å². The lowest BCUT2D eigenvalue weighted by atomic mass is 9.92. The van der Waals surface area contributed by atoms with Crippen molar-refractivity contribution in [2.75, 3.05) is 18.0 Å². The van der Waals surface area contributed by atoms with Crippen LogP contribution in [0.25, 0.3) is 0 Å². The average molecular weight is 309 g/mol. The van der Waals surface area contributed by atoms with Crippen LogP contribution in [-0.4, -0.2) is 25.0 Å². The van der Waals surface area contributed by atoms with Crippen molar-refractivity contribution < 1.29 is 4.79 Å². The summed E-state index contributed by atoms with van der Waals surface area (Å²) >= 11 is 5.95. The third-order valence-electron chi connectivity index (χ3n) is 3.87. The van der Waals surface area contributed by atoms with Crippen LogP contribution in [0.1, 0.15) is 34.1 Å². The van der Waals surface area contributed by atoms with Crippen LogP contribution in [0.3, 0.4) is 0 Å². The summed E-state index contributed by atoms with van der Waals surface area (Å²) in [5.74, 6) is 0.678. The van der Waals surface area contributed by atoms with Crippen LogP contribution in [0.2, 0.25) is 5.02 Å². The van der Waals surface area contributed by atoms with E-state index in [9.17, 15) is 4.79 Å². The van der Waals surface area contributed by atoms with Crippen molar-refractivity contribution in [1.29, 1.82) is 0 Å². The van der Waals surface area contributed by atoms with Gasteiger partial charge < -0.3 is 10.2 Å². The first kappa shape index (κ1) is 16.2. The van der Waals surface area contributed by atoms with Gasteiger partial charge in [-0.2, -0.15) is 0 Å². The van der Waals surface area contributed by atoms with Gasteiger partial charge in [-0.25, -0.2) is 0 Å². The minimum Gasteiger partial charge on any atom is -0.369 e. The molecule has 0 radical (unpaired) electrons. The number of carbonyl (C=O) groups excluding carboxylic acids is 1. The zero-order valence-corrected chi connectivity index (χ0v) is 14.1. The van der Waals surface area contributed by atoms with E-state index in [1.54, 1.807) is 0 Å². The smallest absolute Gasteiger partial charge is 0.225 e. The third-order valence-corrected chi connectivity index (χ3v) is 4.12. The highest BCUT2D eigenvalue weighted by molar-refractivity contribution is 6.30. The van der Waals surface area contributed by atoms with Gasteiger partial charge in [0.2, 0.25) is 5.91 Å². The van der Waals surface area contributed by atoms with Crippen molar-refractivity contribution in [2.24, 2.45) is 11.3 Å². The number of carbonyl (C=O) groups is 1. The SMILES string of the molecule is CC1CC(NC(=O)C(C)(C)C)CN(c2ccc(Cl)cc2)C1. The Bertz CT molecular complexity index is 493. The average Bonchev–Trinajstić information content (AvgIpc) is 2.37. The molecule has 1 heterocycles. The van der Waals surface area contributed by atoms with Gasteiger partial charge in [0.05, 0.1) is 0 Å². The predicted molar refractivity (Wildman–Crippen MR) is 88.8 cm³/mol. The Morgan fingerprint density at radius 3 is 2.43 bits per heavy atom. The van der Waals surface area contributed by atoms with Gasteiger partial charge in [0, 0.05) is 35.3 Å². The number of hydrogen-bond donors (Lipinski definition) is 1. The molecule has 0 bridgehead atoms. The Balaban J connectivity index is 2.05. The van der Waals surface area contributed by atoms with E-state index >= 15 is 0 Å². The number of rotatable bonds is 2. The van der Waals surface area contributed by atoms with Crippen LogP contribution in [0.5, 0.6) is 0 Å². The van der Waals surface area contributed by atoms with Crippen molar-refractivity contribution >= 4 is 23.2 Å². The molecule has 2 rings (SSSR count). The first-order valence-corrected chi connectivity index (χ1v) is 7.95. The molecular weight excluding hydrogens is 284 g/mol. The number of nitrogens with zero attached hydrogens (tertiary/aromatic N) is 1. The molecule has 1 N–H and O–H groups in total. The topological polar surface area (TPSA) is 32.3 Å². The van der Waals surface area contributed by atoms with Crippen LogP contribution in [0.15, 0.2) is 24.3 Å². The molecule has 116 valence electrons. The fraction of sp³-hybridized carbons (Fsp3) is 0.588. The summed E-state index contributed by atoms with van der Waals surface area (Å²) in [4.78, 5) is 14.5. The number of benzene rings is 1. The van der Waals surface area contributed by atoms with Gasteiger partial charge in [0.25, 0.3) is 0 Å². The molecule has 2 atom stereocenters. The lowest BCUT2D eigenvalue weighted by Gasteiger charge is -2.39. The summed E-state index contributed by atoms with van der Waals surface area (Å²) in [5, 5.41) is 3.94. The molecule has 0 aromatic heterocycles. The van der Waals surface area contributed by atoms with Crippen molar-refractivity contribution in [1.82, 2.24) is 5.32 Å². The molecule has 1 aliphatic heterocycles. The van der Waals surface area contributed by atoms with E-state index in [0.29, 0.717) is 5.92 Å². The normalized spacial score (nSPS) is 23.0. The number of amides is 1. The molecule has 0 aliphatic carbocycles. The standard InChI is InChI=1S/C17H25ClN2O/c1-12-9-14(19-16(21)17(2,3)4)11-20(10-12)15-7-5-13(18)6-8-15/h5-8,12,14H,9-11H2,1-4H3,(H,19,21). The Kier molecular flexibility index (Phi) is 4.82. The Hall–Kier alpha value is -1.22. The largest absolute Gasteiger partial charge is 0.369 e. The fourth-order valence-corrected chi connectivity index (χ4v) is 2.85. The highest BCUT2D eigenvalue weighted by Gasteiger charge is 2.29. The first-order valence-electron chi connectivity index (χ1n) is 7.57. The van der Waals surface area contributed by atoms with Crippen molar-refractivity contribution in [3.63, 3.8) is 0 Å². The molecule has 0 saturated carbocycles. The van der Waals surface area contributed by atoms with Gasteiger partial charge in [0.1, 0.15) is 0 Å². The molecule has 1 aliphatic rings. The van der Waals surface area contributed by atoms with Crippen LogP contribution < -0.4 is 10.2 Å². The van der Waals surface area contributed by atoms with Gasteiger partial charge >= 0.3 is 0 Å². The fourth-order valence-electron chi connectivity index (χ4n) is 2.72. The molecule has 2 unspecified atom stereocenters. The van der Waals surface area contributed by atoms with Crippen LogP contribution in [0.4, 0.5) is 5.69 Å². The van der Waals surface area contributed by atoms with E-state index in [0.717, 1.165) is 24.5 Å². The Morgan fingerprint density at radius 1 is 1.24 bits per heavy atom. The molecular formula is C17H25ClN2O. The minimum atomic E-state index is -0.341. The maximum Gasteiger partial charge on any atom is 0.225 e.